The summed E-state index contributed by atoms with van der Waals surface area (Å²) < 4.78 is 5.56. The number of amides is 1. The number of rotatable bonds is 8. The minimum absolute atomic E-state index is 0.0245. The van der Waals surface area contributed by atoms with Gasteiger partial charge in [0.25, 0.3) is 0 Å². The summed E-state index contributed by atoms with van der Waals surface area (Å²) in [4.78, 5) is 24.6. The van der Waals surface area contributed by atoms with Crippen molar-refractivity contribution >= 4 is 22.6 Å². The third-order valence-electron chi connectivity index (χ3n) is 5.84. The Hall–Kier alpha value is -3.67. The number of aromatic nitrogens is 2. The Balaban J connectivity index is 1.38. The molecule has 1 aliphatic rings. The van der Waals surface area contributed by atoms with E-state index >= 15 is 0 Å². The second kappa shape index (κ2) is 8.83. The number of hydrogen-bond acceptors (Lipinski definition) is 5. The number of nitrogens with zero attached hydrogens (tertiary/aromatic N) is 3. The van der Waals surface area contributed by atoms with Crippen molar-refractivity contribution in [1.82, 2.24) is 15.3 Å². The minimum Gasteiger partial charge on any atom is -0.461 e. The largest absolute Gasteiger partial charge is 0.461 e. The van der Waals surface area contributed by atoms with Crippen molar-refractivity contribution in [3.63, 3.8) is 0 Å². The maximum atomic E-state index is 12.7. The lowest BCUT2D eigenvalue weighted by atomic mass is 10.1. The predicted molar refractivity (Wildman–Crippen MR) is 125 cm³/mol. The van der Waals surface area contributed by atoms with E-state index in [1.807, 2.05) is 73.7 Å². The third-order valence-corrected chi connectivity index (χ3v) is 5.84. The van der Waals surface area contributed by atoms with Crippen LogP contribution in [0.4, 0.5) is 5.82 Å². The maximum Gasteiger partial charge on any atom is 0.222 e. The SMILES string of the molecule is C[C@@H](NC(=O)CCN(c1nc(-c2ccco2)nc2ccccc12)C1CC1)c1ccccc1. The van der Waals surface area contributed by atoms with E-state index in [1.165, 1.54) is 0 Å². The quantitative estimate of drug-likeness (QED) is 0.423. The molecule has 2 aromatic carbocycles. The van der Waals surface area contributed by atoms with Gasteiger partial charge in [-0.1, -0.05) is 42.5 Å². The van der Waals surface area contributed by atoms with Crippen LogP contribution >= 0.6 is 0 Å². The highest BCUT2D eigenvalue weighted by molar-refractivity contribution is 5.91. The average Bonchev–Trinajstić information content (AvgIpc) is 3.51. The number of para-hydroxylation sites is 1. The predicted octanol–water partition coefficient (Wildman–Crippen LogP) is 5.13. The topological polar surface area (TPSA) is 71.3 Å². The summed E-state index contributed by atoms with van der Waals surface area (Å²) in [6.07, 6.45) is 4.25. The molecule has 1 fully saturated rings. The van der Waals surface area contributed by atoms with Crippen molar-refractivity contribution in [3.8, 4) is 11.6 Å². The molecule has 0 aliphatic heterocycles. The van der Waals surface area contributed by atoms with Crippen LogP contribution in [0, 0.1) is 0 Å². The molecule has 1 saturated carbocycles. The van der Waals surface area contributed by atoms with E-state index < -0.39 is 0 Å². The van der Waals surface area contributed by atoms with Gasteiger partial charge in [-0.3, -0.25) is 4.79 Å². The summed E-state index contributed by atoms with van der Waals surface area (Å²) in [7, 11) is 0. The molecule has 0 bridgehead atoms. The van der Waals surface area contributed by atoms with Crippen molar-refractivity contribution in [3.05, 3.63) is 78.6 Å². The Morgan fingerprint density at radius 2 is 1.84 bits per heavy atom. The fraction of sp³-hybridized carbons (Fsp3) is 0.269. The first-order chi connectivity index (χ1) is 15.7. The molecule has 1 aliphatic carbocycles. The second-order valence-corrected chi connectivity index (χ2v) is 8.24. The van der Waals surface area contributed by atoms with Gasteiger partial charge in [0, 0.05) is 24.4 Å². The monoisotopic (exact) mass is 426 g/mol. The number of fused-ring (bicyclic) bond motifs is 1. The van der Waals surface area contributed by atoms with Crippen LogP contribution in [0.2, 0.25) is 0 Å². The molecule has 32 heavy (non-hydrogen) atoms. The number of nitrogens with one attached hydrogen (secondary N) is 1. The van der Waals surface area contributed by atoms with Crippen LogP contribution in [0.1, 0.15) is 37.8 Å². The molecule has 1 N–H and O–H groups in total. The van der Waals surface area contributed by atoms with Crippen LogP contribution in [0.5, 0.6) is 0 Å². The maximum absolute atomic E-state index is 12.7. The lowest BCUT2D eigenvalue weighted by molar-refractivity contribution is -0.121. The van der Waals surface area contributed by atoms with E-state index in [-0.39, 0.29) is 11.9 Å². The molecule has 2 heterocycles. The van der Waals surface area contributed by atoms with Gasteiger partial charge in [-0.25, -0.2) is 9.97 Å². The van der Waals surface area contributed by atoms with E-state index in [0.29, 0.717) is 30.6 Å². The fourth-order valence-electron chi connectivity index (χ4n) is 4.00. The van der Waals surface area contributed by atoms with Gasteiger partial charge in [-0.05, 0) is 49.6 Å². The van der Waals surface area contributed by atoms with Crippen LogP contribution in [0.25, 0.3) is 22.5 Å². The van der Waals surface area contributed by atoms with Gasteiger partial charge in [0.1, 0.15) is 5.82 Å². The van der Waals surface area contributed by atoms with Gasteiger partial charge in [0.05, 0.1) is 17.8 Å². The number of carbonyl (C=O) groups excluding carboxylic acids is 1. The molecule has 0 unspecified atom stereocenters. The standard InChI is InChI=1S/C26H26N4O2/c1-18(19-8-3-2-4-9-19)27-24(31)15-16-30(20-13-14-20)26-21-10-5-6-11-22(21)28-25(29-26)23-12-7-17-32-23/h2-12,17-18,20H,13-16H2,1H3,(H,27,31)/t18-/m1/s1. The summed E-state index contributed by atoms with van der Waals surface area (Å²) >= 11 is 0. The van der Waals surface area contributed by atoms with E-state index in [0.717, 1.165) is 35.1 Å². The van der Waals surface area contributed by atoms with Crippen LogP contribution < -0.4 is 10.2 Å². The molecule has 6 nitrogen and oxygen atoms in total. The van der Waals surface area contributed by atoms with Crippen LogP contribution in [0.3, 0.4) is 0 Å². The first kappa shape index (κ1) is 20.2. The highest BCUT2D eigenvalue weighted by Gasteiger charge is 2.32. The molecule has 5 rings (SSSR count). The van der Waals surface area contributed by atoms with Gasteiger partial charge in [0.15, 0.2) is 11.6 Å². The summed E-state index contributed by atoms with van der Waals surface area (Å²) in [5, 5.41) is 4.11. The van der Waals surface area contributed by atoms with Crippen LogP contribution in [-0.2, 0) is 4.79 Å². The number of furan rings is 1. The lowest BCUT2D eigenvalue weighted by Crippen LogP contribution is -2.34. The van der Waals surface area contributed by atoms with Crippen molar-refractivity contribution in [2.75, 3.05) is 11.4 Å². The Morgan fingerprint density at radius 3 is 2.59 bits per heavy atom. The molecule has 1 amide bonds. The summed E-state index contributed by atoms with van der Waals surface area (Å²) in [6.45, 7) is 2.62. The molecule has 0 radical (unpaired) electrons. The van der Waals surface area contributed by atoms with Crippen LogP contribution in [0.15, 0.2) is 77.4 Å². The molecule has 6 heteroatoms. The Bertz CT molecular complexity index is 1200. The van der Waals surface area contributed by atoms with E-state index in [9.17, 15) is 4.79 Å². The normalized spacial score (nSPS) is 14.3. The highest BCUT2D eigenvalue weighted by Crippen LogP contribution is 2.35. The van der Waals surface area contributed by atoms with Gasteiger partial charge in [-0.15, -0.1) is 0 Å². The van der Waals surface area contributed by atoms with Gasteiger partial charge in [-0.2, -0.15) is 0 Å². The number of carbonyl (C=O) groups is 1. The zero-order valence-corrected chi connectivity index (χ0v) is 18.1. The van der Waals surface area contributed by atoms with Crippen molar-refractivity contribution < 1.29 is 9.21 Å². The molecular weight excluding hydrogens is 400 g/mol. The Morgan fingerprint density at radius 1 is 1.06 bits per heavy atom. The highest BCUT2D eigenvalue weighted by atomic mass is 16.3. The molecule has 162 valence electrons. The first-order valence-corrected chi connectivity index (χ1v) is 11.1. The van der Waals surface area contributed by atoms with E-state index in [2.05, 4.69) is 10.2 Å². The Kier molecular flexibility index (Phi) is 5.58. The van der Waals surface area contributed by atoms with E-state index in [4.69, 9.17) is 14.4 Å². The smallest absolute Gasteiger partial charge is 0.222 e. The van der Waals surface area contributed by atoms with Gasteiger partial charge < -0.3 is 14.6 Å². The number of anilines is 1. The summed E-state index contributed by atoms with van der Waals surface area (Å²) in [5.74, 6) is 2.11. The molecular formula is C26H26N4O2. The van der Waals surface area contributed by atoms with Gasteiger partial charge >= 0.3 is 0 Å². The molecule has 0 saturated heterocycles. The number of benzene rings is 2. The molecule has 4 aromatic rings. The molecule has 0 spiro atoms. The van der Waals surface area contributed by atoms with Gasteiger partial charge in [0.2, 0.25) is 5.91 Å². The van der Waals surface area contributed by atoms with Crippen molar-refractivity contribution in [2.24, 2.45) is 0 Å². The molecule has 2 aromatic heterocycles. The lowest BCUT2D eigenvalue weighted by Gasteiger charge is -2.25. The first-order valence-electron chi connectivity index (χ1n) is 11.1. The Labute approximate surface area is 187 Å². The number of hydrogen-bond donors (Lipinski definition) is 1. The second-order valence-electron chi connectivity index (χ2n) is 8.24. The third kappa shape index (κ3) is 4.35. The zero-order valence-electron chi connectivity index (χ0n) is 18.1. The summed E-state index contributed by atoms with van der Waals surface area (Å²) in [6, 6.07) is 22.1. The van der Waals surface area contributed by atoms with Crippen LogP contribution in [-0.4, -0.2) is 28.5 Å². The minimum atomic E-state index is -0.0245. The fourth-order valence-corrected chi connectivity index (χ4v) is 4.00. The zero-order chi connectivity index (χ0) is 21.9. The molecule has 1 atom stereocenters. The summed E-state index contributed by atoms with van der Waals surface area (Å²) in [5.41, 5.74) is 1.97. The van der Waals surface area contributed by atoms with E-state index in [1.54, 1.807) is 6.26 Å². The average molecular weight is 427 g/mol. The van der Waals surface area contributed by atoms with Crippen molar-refractivity contribution in [1.29, 1.82) is 0 Å². The van der Waals surface area contributed by atoms with Crippen molar-refractivity contribution in [2.45, 2.75) is 38.3 Å².